The van der Waals surface area contributed by atoms with Crippen molar-refractivity contribution >= 4 is 28.9 Å². The largest absolute Gasteiger partial charge is 0.382 e. The Morgan fingerprint density at radius 2 is 1.71 bits per heavy atom. The molecule has 4 rings (SSSR count). The highest BCUT2D eigenvalue weighted by Gasteiger charge is 2.23. The maximum absolute atomic E-state index is 12.7. The summed E-state index contributed by atoms with van der Waals surface area (Å²) in [7, 11) is 0. The van der Waals surface area contributed by atoms with Crippen LogP contribution in [0.3, 0.4) is 0 Å². The first-order valence-corrected chi connectivity index (χ1v) is 11.3. The van der Waals surface area contributed by atoms with Crippen LogP contribution in [0.15, 0.2) is 42.5 Å². The molecule has 3 N–H and O–H groups in total. The van der Waals surface area contributed by atoms with Gasteiger partial charge in [-0.2, -0.15) is 5.26 Å². The second-order valence-electron chi connectivity index (χ2n) is 8.26. The summed E-state index contributed by atoms with van der Waals surface area (Å²) in [6, 6.07) is 16.0. The van der Waals surface area contributed by atoms with Gasteiger partial charge in [0.1, 0.15) is 6.07 Å². The zero-order valence-corrected chi connectivity index (χ0v) is 18.3. The van der Waals surface area contributed by atoms with E-state index in [0.717, 1.165) is 57.5 Å². The van der Waals surface area contributed by atoms with E-state index in [2.05, 4.69) is 26.9 Å². The van der Waals surface area contributed by atoms with Crippen LogP contribution in [0.1, 0.15) is 41.6 Å². The van der Waals surface area contributed by atoms with E-state index in [9.17, 15) is 4.79 Å². The lowest BCUT2D eigenvalue weighted by atomic mass is 9.90. The minimum absolute atomic E-state index is 0.00199. The third-order valence-corrected chi connectivity index (χ3v) is 6.45. The fraction of sp³-hybridized carbons (Fsp3) is 0.417. The number of piperazine rings is 1. The predicted octanol–water partition coefficient (Wildman–Crippen LogP) is 3.77. The molecule has 1 aliphatic carbocycles. The van der Waals surface area contributed by atoms with Crippen LogP contribution in [0, 0.1) is 11.3 Å². The summed E-state index contributed by atoms with van der Waals surface area (Å²) >= 11 is 6.12. The monoisotopic (exact) mass is 437 g/mol. The number of nitrogens with zero attached hydrogens (tertiary/aromatic N) is 2. The van der Waals surface area contributed by atoms with Crippen molar-refractivity contribution in [2.24, 2.45) is 0 Å². The molecule has 1 saturated heterocycles. The molecule has 1 amide bonds. The summed E-state index contributed by atoms with van der Waals surface area (Å²) in [4.78, 5) is 15.0. The molecule has 0 spiro atoms. The Balaban J connectivity index is 1.25. The van der Waals surface area contributed by atoms with Crippen molar-refractivity contribution in [2.45, 2.75) is 37.8 Å². The van der Waals surface area contributed by atoms with Crippen molar-refractivity contribution in [3.63, 3.8) is 0 Å². The topological polar surface area (TPSA) is 80.2 Å². The molecule has 0 unspecified atom stereocenters. The SMILES string of the molecule is N#Cc1ccc(N[C@H]2CC[C@H](NC(=O)c3ccc(N4CCNCC4)cc3)CC2)cc1Cl. The average molecular weight is 438 g/mol. The number of carbonyl (C=O) groups is 1. The quantitative estimate of drug-likeness (QED) is 0.663. The summed E-state index contributed by atoms with van der Waals surface area (Å²) in [5.41, 5.74) is 3.31. The number of hydrogen-bond donors (Lipinski definition) is 3. The Morgan fingerprint density at radius 3 is 2.35 bits per heavy atom. The summed E-state index contributed by atoms with van der Waals surface area (Å²) in [5.74, 6) is 0.00199. The van der Waals surface area contributed by atoms with E-state index in [4.69, 9.17) is 16.9 Å². The molecule has 1 heterocycles. The Kier molecular flexibility index (Phi) is 6.96. The lowest BCUT2D eigenvalue weighted by molar-refractivity contribution is 0.0926. The van der Waals surface area contributed by atoms with Gasteiger partial charge in [-0.05, 0) is 68.1 Å². The van der Waals surface area contributed by atoms with Crippen LogP contribution >= 0.6 is 11.6 Å². The van der Waals surface area contributed by atoms with E-state index < -0.39 is 0 Å². The van der Waals surface area contributed by atoms with Gasteiger partial charge in [0.15, 0.2) is 0 Å². The Bertz CT molecular complexity index is 941. The third kappa shape index (κ3) is 5.49. The van der Waals surface area contributed by atoms with Gasteiger partial charge in [0, 0.05) is 55.2 Å². The molecular formula is C24H28ClN5O. The van der Waals surface area contributed by atoms with E-state index >= 15 is 0 Å². The van der Waals surface area contributed by atoms with E-state index in [1.807, 2.05) is 30.3 Å². The standard InChI is InChI=1S/C24H28ClN5O/c25-23-15-21(4-1-18(23)16-26)28-19-5-7-20(8-6-19)29-24(31)17-2-9-22(10-3-17)30-13-11-27-12-14-30/h1-4,9-10,15,19-20,27-28H,5-8,11-14H2,(H,29,31)/t19-,20-. The highest BCUT2D eigenvalue weighted by atomic mass is 35.5. The second kappa shape index (κ2) is 10.0. The van der Waals surface area contributed by atoms with Crippen molar-refractivity contribution in [2.75, 3.05) is 36.4 Å². The molecule has 2 aliphatic rings. The summed E-state index contributed by atoms with van der Waals surface area (Å²) < 4.78 is 0. The number of anilines is 2. The number of carbonyl (C=O) groups excluding carboxylic acids is 1. The number of nitriles is 1. The zero-order chi connectivity index (χ0) is 21.6. The fourth-order valence-corrected chi connectivity index (χ4v) is 4.55. The number of halogens is 1. The van der Waals surface area contributed by atoms with Gasteiger partial charge in [0.25, 0.3) is 5.91 Å². The molecule has 31 heavy (non-hydrogen) atoms. The van der Waals surface area contributed by atoms with Crippen molar-refractivity contribution in [3.8, 4) is 6.07 Å². The van der Waals surface area contributed by atoms with Crippen LogP contribution in [0.2, 0.25) is 5.02 Å². The normalized spacial score (nSPS) is 21.2. The Labute approximate surface area is 188 Å². The summed E-state index contributed by atoms with van der Waals surface area (Å²) in [6.45, 7) is 3.99. The Hall–Kier alpha value is -2.75. The average Bonchev–Trinajstić information content (AvgIpc) is 2.81. The van der Waals surface area contributed by atoms with Crippen LogP contribution in [0.25, 0.3) is 0 Å². The molecular weight excluding hydrogens is 410 g/mol. The smallest absolute Gasteiger partial charge is 0.251 e. The maximum atomic E-state index is 12.7. The first-order valence-electron chi connectivity index (χ1n) is 10.9. The number of benzene rings is 2. The van der Waals surface area contributed by atoms with E-state index in [1.165, 1.54) is 5.69 Å². The highest BCUT2D eigenvalue weighted by Crippen LogP contribution is 2.26. The van der Waals surface area contributed by atoms with E-state index in [0.29, 0.717) is 22.2 Å². The molecule has 0 bridgehead atoms. The molecule has 2 fully saturated rings. The minimum atomic E-state index is 0.00199. The van der Waals surface area contributed by atoms with Crippen LogP contribution in [-0.2, 0) is 0 Å². The molecule has 1 saturated carbocycles. The van der Waals surface area contributed by atoms with Crippen LogP contribution in [-0.4, -0.2) is 44.2 Å². The van der Waals surface area contributed by atoms with Gasteiger partial charge in [-0.25, -0.2) is 0 Å². The number of rotatable bonds is 5. The van der Waals surface area contributed by atoms with Gasteiger partial charge >= 0.3 is 0 Å². The maximum Gasteiger partial charge on any atom is 0.251 e. The summed E-state index contributed by atoms with van der Waals surface area (Å²) in [6.07, 6.45) is 3.83. The molecule has 0 aromatic heterocycles. The third-order valence-electron chi connectivity index (χ3n) is 6.13. The van der Waals surface area contributed by atoms with Gasteiger partial charge in [0.05, 0.1) is 10.6 Å². The molecule has 2 aromatic rings. The van der Waals surface area contributed by atoms with E-state index in [-0.39, 0.29) is 11.9 Å². The van der Waals surface area contributed by atoms with Crippen molar-refractivity contribution in [1.82, 2.24) is 10.6 Å². The van der Waals surface area contributed by atoms with Crippen molar-refractivity contribution < 1.29 is 4.79 Å². The van der Waals surface area contributed by atoms with Crippen LogP contribution in [0.5, 0.6) is 0 Å². The molecule has 0 atom stereocenters. The fourth-order valence-electron chi connectivity index (χ4n) is 4.33. The van der Waals surface area contributed by atoms with Crippen molar-refractivity contribution in [1.29, 1.82) is 5.26 Å². The van der Waals surface area contributed by atoms with Crippen LogP contribution in [0.4, 0.5) is 11.4 Å². The highest BCUT2D eigenvalue weighted by molar-refractivity contribution is 6.32. The molecule has 1 aliphatic heterocycles. The molecule has 6 nitrogen and oxygen atoms in total. The minimum Gasteiger partial charge on any atom is -0.382 e. The lowest BCUT2D eigenvalue weighted by Gasteiger charge is -2.30. The Morgan fingerprint density at radius 1 is 1.03 bits per heavy atom. The summed E-state index contributed by atoms with van der Waals surface area (Å²) in [5, 5.41) is 19.5. The van der Waals surface area contributed by atoms with Gasteiger partial charge in [-0.3, -0.25) is 4.79 Å². The molecule has 0 radical (unpaired) electrons. The number of nitrogens with one attached hydrogen (secondary N) is 3. The van der Waals surface area contributed by atoms with E-state index in [1.54, 1.807) is 12.1 Å². The number of amides is 1. The first-order chi connectivity index (χ1) is 15.1. The van der Waals surface area contributed by atoms with Gasteiger partial charge in [-0.1, -0.05) is 11.6 Å². The van der Waals surface area contributed by atoms with Crippen LogP contribution < -0.4 is 20.9 Å². The van der Waals surface area contributed by atoms with Gasteiger partial charge in [0.2, 0.25) is 0 Å². The number of hydrogen-bond acceptors (Lipinski definition) is 5. The molecule has 162 valence electrons. The lowest BCUT2D eigenvalue weighted by Crippen LogP contribution is -2.43. The molecule has 2 aromatic carbocycles. The van der Waals surface area contributed by atoms with Gasteiger partial charge < -0.3 is 20.9 Å². The zero-order valence-electron chi connectivity index (χ0n) is 17.5. The predicted molar refractivity (Wildman–Crippen MR) is 125 cm³/mol. The second-order valence-corrected chi connectivity index (χ2v) is 8.66. The first kappa shape index (κ1) is 21.5. The van der Waals surface area contributed by atoms with Crippen molar-refractivity contribution in [3.05, 3.63) is 58.6 Å². The molecule has 7 heteroatoms. The van der Waals surface area contributed by atoms with Gasteiger partial charge in [-0.15, -0.1) is 0 Å².